The zero-order chi connectivity index (χ0) is 14.8. The lowest BCUT2D eigenvalue weighted by Gasteiger charge is -2.28. The minimum Gasteiger partial charge on any atom is -0.385 e. The van der Waals surface area contributed by atoms with Crippen LogP contribution in [-0.2, 0) is 12.0 Å². The number of hydrogen-bond donors (Lipinski definition) is 1. The molecule has 1 N–H and O–H groups in total. The standard InChI is InChI=1S/C16H15ClF2O/c1-2-16(20,11-5-3-6-12(18)9-11)10-13-14(17)7-4-8-15(13)19/h3-9,20H,2,10H2,1H3. The van der Waals surface area contributed by atoms with Crippen molar-refractivity contribution < 1.29 is 13.9 Å². The topological polar surface area (TPSA) is 20.2 Å². The fourth-order valence-electron chi connectivity index (χ4n) is 2.20. The van der Waals surface area contributed by atoms with Gasteiger partial charge in [-0.05, 0) is 36.2 Å². The van der Waals surface area contributed by atoms with Crippen LogP contribution >= 0.6 is 11.6 Å². The first kappa shape index (κ1) is 14.9. The third-order valence-corrected chi connectivity index (χ3v) is 3.83. The van der Waals surface area contributed by atoms with Gasteiger partial charge in [0.15, 0.2) is 0 Å². The summed E-state index contributed by atoms with van der Waals surface area (Å²) >= 11 is 5.99. The molecule has 2 rings (SSSR count). The molecule has 0 aliphatic rings. The Kier molecular flexibility index (Phi) is 4.41. The van der Waals surface area contributed by atoms with Crippen LogP contribution < -0.4 is 0 Å². The van der Waals surface area contributed by atoms with Crippen LogP contribution in [0.15, 0.2) is 42.5 Å². The van der Waals surface area contributed by atoms with Gasteiger partial charge in [-0.2, -0.15) is 0 Å². The Bertz CT molecular complexity index is 595. The van der Waals surface area contributed by atoms with Gasteiger partial charge in [0.2, 0.25) is 0 Å². The molecule has 1 nitrogen and oxygen atoms in total. The van der Waals surface area contributed by atoms with E-state index >= 15 is 0 Å². The van der Waals surface area contributed by atoms with Crippen LogP contribution in [0.4, 0.5) is 8.78 Å². The maximum Gasteiger partial charge on any atom is 0.128 e. The normalized spacial score (nSPS) is 14.1. The minimum absolute atomic E-state index is 0.00153. The lowest BCUT2D eigenvalue weighted by atomic mass is 9.85. The van der Waals surface area contributed by atoms with Gasteiger partial charge in [0.25, 0.3) is 0 Å². The molecule has 2 aromatic rings. The van der Waals surface area contributed by atoms with Crippen molar-refractivity contribution in [3.63, 3.8) is 0 Å². The number of halogens is 3. The van der Waals surface area contributed by atoms with E-state index in [2.05, 4.69) is 0 Å². The highest BCUT2D eigenvalue weighted by atomic mass is 35.5. The van der Waals surface area contributed by atoms with Crippen molar-refractivity contribution in [2.24, 2.45) is 0 Å². The van der Waals surface area contributed by atoms with Gasteiger partial charge in [-0.1, -0.05) is 36.7 Å². The fourth-order valence-corrected chi connectivity index (χ4v) is 2.43. The number of rotatable bonds is 4. The maximum atomic E-state index is 13.8. The molecule has 0 heterocycles. The quantitative estimate of drug-likeness (QED) is 0.883. The molecule has 20 heavy (non-hydrogen) atoms. The summed E-state index contributed by atoms with van der Waals surface area (Å²) in [7, 11) is 0. The van der Waals surface area contributed by atoms with Crippen molar-refractivity contribution in [3.05, 3.63) is 70.2 Å². The summed E-state index contributed by atoms with van der Waals surface area (Å²) in [6, 6.07) is 10.1. The van der Waals surface area contributed by atoms with Crippen molar-refractivity contribution >= 4 is 11.6 Å². The SMILES string of the molecule is CCC(O)(Cc1c(F)cccc1Cl)c1cccc(F)c1. The van der Waals surface area contributed by atoms with Crippen molar-refractivity contribution in [1.29, 1.82) is 0 Å². The highest BCUT2D eigenvalue weighted by Crippen LogP contribution is 2.33. The summed E-state index contributed by atoms with van der Waals surface area (Å²) in [5, 5.41) is 11.0. The summed E-state index contributed by atoms with van der Waals surface area (Å²) in [6.07, 6.45) is 0.319. The molecule has 0 spiro atoms. The van der Waals surface area contributed by atoms with Gasteiger partial charge >= 0.3 is 0 Å². The molecule has 0 aliphatic carbocycles. The van der Waals surface area contributed by atoms with Gasteiger partial charge in [0, 0.05) is 17.0 Å². The van der Waals surface area contributed by atoms with E-state index in [9.17, 15) is 13.9 Å². The zero-order valence-electron chi connectivity index (χ0n) is 11.0. The Morgan fingerprint density at radius 3 is 2.45 bits per heavy atom. The predicted octanol–water partition coefficient (Wildman–Crippen LogP) is 4.46. The Morgan fingerprint density at radius 2 is 1.85 bits per heavy atom. The summed E-state index contributed by atoms with van der Waals surface area (Å²) in [6.45, 7) is 1.76. The molecule has 0 bridgehead atoms. The Hall–Kier alpha value is -1.45. The molecule has 1 atom stereocenters. The van der Waals surface area contributed by atoms with Crippen molar-refractivity contribution in [3.8, 4) is 0 Å². The Labute approximate surface area is 121 Å². The molecule has 0 aromatic heterocycles. The molecule has 0 saturated heterocycles. The fraction of sp³-hybridized carbons (Fsp3) is 0.250. The van der Waals surface area contributed by atoms with Crippen LogP contribution in [0, 0.1) is 11.6 Å². The van der Waals surface area contributed by atoms with E-state index in [1.165, 1.54) is 30.3 Å². The second-order valence-electron chi connectivity index (χ2n) is 4.77. The van der Waals surface area contributed by atoms with Crippen molar-refractivity contribution in [1.82, 2.24) is 0 Å². The van der Waals surface area contributed by atoms with Gasteiger partial charge in [-0.3, -0.25) is 0 Å². The molecule has 2 aromatic carbocycles. The molecular weight excluding hydrogens is 282 g/mol. The van der Waals surface area contributed by atoms with Gasteiger partial charge in [-0.15, -0.1) is 0 Å². The number of benzene rings is 2. The van der Waals surface area contributed by atoms with E-state index in [1.807, 2.05) is 0 Å². The van der Waals surface area contributed by atoms with Crippen molar-refractivity contribution in [2.75, 3.05) is 0 Å². The molecule has 0 fully saturated rings. The van der Waals surface area contributed by atoms with Crippen LogP contribution in [0.3, 0.4) is 0 Å². The van der Waals surface area contributed by atoms with Gasteiger partial charge < -0.3 is 5.11 Å². The lowest BCUT2D eigenvalue weighted by Crippen LogP contribution is -2.28. The Morgan fingerprint density at radius 1 is 1.15 bits per heavy atom. The van der Waals surface area contributed by atoms with E-state index in [4.69, 9.17) is 11.6 Å². The zero-order valence-corrected chi connectivity index (χ0v) is 11.8. The highest BCUT2D eigenvalue weighted by Gasteiger charge is 2.30. The molecule has 0 radical (unpaired) electrons. The third-order valence-electron chi connectivity index (χ3n) is 3.48. The third kappa shape index (κ3) is 3.00. The molecular formula is C16H15ClF2O. The number of hydrogen-bond acceptors (Lipinski definition) is 1. The first-order chi connectivity index (χ1) is 9.46. The molecule has 1 unspecified atom stereocenters. The van der Waals surface area contributed by atoms with Crippen LogP contribution in [0.25, 0.3) is 0 Å². The monoisotopic (exact) mass is 296 g/mol. The predicted molar refractivity (Wildman–Crippen MR) is 75.7 cm³/mol. The van der Waals surface area contributed by atoms with E-state index in [0.717, 1.165) is 0 Å². The van der Waals surface area contributed by atoms with Crippen molar-refractivity contribution in [2.45, 2.75) is 25.4 Å². The smallest absolute Gasteiger partial charge is 0.128 e. The molecule has 4 heteroatoms. The average Bonchev–Trinajstić information content (AvgIpc) is 2.43. The second kappa shape index (κ2) is 5.90. The maximum absolute atomic E-state index is 13.8. The first-order valence-electron chi connectivity index (χ1n) is 6.37. The van der Waals surface area contributed by atoms with Gasteiger partial charge in [0.1, 0.15) is 11.6 Å². The molecule has 0 saturated carbocycles. The average molecular weight is 297 g/mol. The lowest BCUT2D eigenvalue weighted by molar-refractivity contribution is 0.0316. The van der Waals surface area contributed by atoms with Crippen LogP contribution in [-0.4, -0.2) is 5.11 Å². The second-order valence-corrected chi connectivity index (χ2v) is 5.18. The van der Waals surface area contributed by atoms with Gasteiger partial charge in [0.05, 0.1) is 5.60 Å². The van der Waals surface area contributed by atoms with Crippen LogP contribution in [0.5, 0.6) is 0 Å². The minimum atomic E-state index is -1.35. The summed E-state index contributed by atoms with van der Waals surface area (Å²) in [5.41, 5.74) is -0.699. The number of aliphatic hydroxyl groups is 1. The van der Waals surface area contributed by atoms with E-state index < -0.39 is 17.2 Å². The molecule has 106 valence electrons. The van der Waals surface area contributed by atoms with Crippen LogP contribution in [0.2, 0.25) is 5.02 Å². The molecule has 0 amide bonds. The van der Waals surface area contributed by atoms with Gasteiger partial charge in [-0.25, -0.2) is 8.78 Å². The summed E-state index contributed by atoms with van der Waals surface area (Å²) in [5.74, 6) is -0.908. The largest absolute Gasteiger partial charge is 0.385 e. The summed E-state index contributed by atoms with van der Waals surface area (Å²) in [4.78, 5) is 0. The summed E-state index contributed by atoms with van der Waals surface area (Å²) < 4.78 is 27.2. The first-order valence-corrected chi connectivity index (χ1v) is 6.75. The van der Waals surface area contributed by atoms with E-state index in [0.29, 0.717) is 12.0 Å². The van der Waals surface area contributed by atoms with E-state index in [1.54, 1.807) is 19.1 Å². The molecule has 0 aliphatic heterocycles. The highest BCUT2D eigenvalue weighted by molar-refractivity contribution is 6.31. The van der Waals surface area contributed by atoms with E-state index in [-0.39, 0.29) is 17.0 Å². The Balaban J connectivity index is 2.42. The van der Waals surface area contributed by atoms with Crippen LogP contribution in [0.1, 0.15) is 24.5 Å².